The van der Waals surface area contributed by atoms with Crippen LogP contribution >= 0.6 is 11.8 Å². The van der Waals surface area contributed by atoms with Crippen molar-refractivity contribution in [3.05, 3.63) is 0 Å². The standard InChI is InChI=1S/C9H16N2S/c1-2-8(6-10-3-1)9-7-11-4-5-12-9/h3,8-9,11H,1-2,4-7H2. The van der Waals surface area contributed by atoms with Crippen LogP contribution in [0.4, 0.5) is 0 Å². The fraction of sp³-hybridized carbons (Fsp3) is 0.889. The Hall–Kier alpha value is -0.0200. The van der Waals surface area contributed by atoms with E-state index in [-0.39, 0.29) is 0 Å². The molecular weight excluding hydrogens is 168 g/mol. The highest BCUT2D eigenvalue weighted by Gasteiger charge is 2.24. The van der Waals surface area contributed by atoms with Gasteiger partial charge in [-0.25, -0.2) is 0 Å². The molecule has 0 aromatic carbocycles. The largest absolute Gasteiger partial charge is 0.315 e. The number of hydrogen-bond acceptors (Lipinski definition) is 3. The minimum absolute atomic E-state index is 0.830. The Morgan fingerprint density at radius 3 is 3.17 bits per heavy atom. The molecule has 0 spiro atoms. The van der Waals surface area contributed by atoms with Crippen LogP contribution in [0.1, 0.15) is 12.8 Å². The molecule has 0 aromatic rings. The maximum absolute atomic E-state index is 4.37. The Labute approximate surface area is 78.2 Å². The Morgan fingerprint density at radius 1 is 1.50 bits per heavy atom. The van der Waals surface area contributed by atoms with E-state index in [0.29, 0.717) is 0 Å². The SMILES string of the molecule is C1=NCC(C2CNCCS2)CC1. The van der Waals surface area contributed by atoms with Crippen molar-refractivity contribution in [2.45, 2.75) is 18.1 Å². The zero-order valence-electron chi connectivity index (χ0n) is 7.33. The summed E-state index contributed by atoms with van der Waals surface area (Å²) in [5.41, 5.74) is 0. The predicted octanol–water partition coefficient (Wildman–Crippen LogP) is 1.17. The van der Waals surface area contributed by atoms with Gasteiger partial charge in [-0.1, -0.05) is 0 Å². The summed E-state index contributed by atoms with van der Waals surface area (Å²) in [4.78, 5) is 4.37. The molecule has 0 radical (unpaired) electrons. The van der Waals surface area contributed by atoms with E-state index in [0.717, 1.165) is 17.7 Å². The summed E-state index contributed by atoms with van der Waals surface area (Å²) >= 11 is 2.13. The van der Waals surface area contributed by atoms with Gasteiger partial charge in [0.2, 0.25) is 0 Å². The van der Waals surface area contributed by atoms with Gasteiger partial charge in [-0.3, -0.25) is 4.99 Å². The molecule has 2 atom stereocenters. The van der Waals surface area contributed by atoms with E-state index < -0.39 is 0 Å². The van der Waals surface area contributed by atoms with Crippen LogP contribution in [0.15, 0.2) is 4.99 Å². The minimum atomic E-state index is 0.830. The molecule has 2 unspecified atom stereocenters. The third-order valence-electron chi connectivity index (χ3n) is 2.62. The van der Waals surface area contributed by atoms with Crippen molar-refractivity contribution in [2.75, 3.05) is 25.4 Å². The second-order valence-corrected chi connectivity index (χ2v) is 4.85. The number of nitrogens with zero attached hydrogens (tertiary/aromatic N) is 1. The second-order valence-electron chi connectivity index (χ2n) is 3.50. The molecule has 2 aliphatic heterocycles. The zero-order valence-corrected chi connectivity index (χ0v) is 8.15. The lowest BCUT2D eigenvalue weighted by Crippen LogP contribution is -2.38. The van der Waals surface area contributed by atoms with Crippen molar-refractivity contribution in [2.24, 2.45) is 10.9 Å². The molecule has 1 fully saturated rings. The maximum atomic E-state index is 4.37. The van der Waals surface area contributed by atoms with Gasteiger partial charge >= 0.3 is 0 Å². The summed E-state index contributed by atoms with van der Waals surface area (Å²) in [5.74, 6) is 2.12. The molecule has 2 heterocycles. The van der Waals surface area contributed by atoms with E-state index in [4.69, 9.17) is 0 Å². The van der Waals surface area contributed by atoms with Gasteiger partial charge in [0, 0.05) is 30.6 Å². The summed E-state index contributed by atoms with van der Waals surface area (Å²) in [7, 11) is 0. The van der Waals surface area contributed by atoms with Crippen LogP contribution in [0, 0.1) is 5.92 Å². The molecule has 68 valence electrons. The smallest absolute Gasteiger partial charge is 0.0424 e. The lowest BCUT2D eigenvalue weighted by molar-refractivity contribution is 0.452. The average Bonchev–Trinajstić information content (AvgIpc) is 2.21. The summed E-state index contributed by atoms with van der Waals surface area (Å²) in [5, 5.41) is 4.29. The van der Waals surface area contributed by atoms with Gasteiger partial charge in [0.25, 0.3) is 0 Å². The van der Waals surface area contributed by atoms with Crippen molar-refractivity contribution < 1.29 is 0 Å². The lowest BCUT2D eigenvalue weighted by atomic mass is 9.97. The molecule has 0 saturated carbocycles. The van der Waals surface area contributed by atoms with Gasteiger partial charge in [-0.2, -0.15) is 11.8 Å². The summed E-state index contributed by atoms with van der Waals surface area (Å²) in [6.45, 7) is 3.46. The van der Waals surface area contributed by atoms with Crippen LogP contribution in [0.25, 0.3) is 0 Å². The molecule has 12 heavy (non-hydrogen) atoms. The first kappa shape index (κ1) is 8.57. The molecule has 0 aliphatic carbocycles. The molecule has 1 N–H and O–H groups in total. The predicted molar refractivity (Wildman–Crippen MR) is 55.2 cm³/mol. The second kappa shape index (κ2) is 4.28. The Bertz CT molecular complexity index is 164. The fourth-order valence-electron chi connectivity index (χ4n) is 1.87. The van der Waals surface area contributed by atoms with Gasteiger partial charge in [-0.05, 0) is 25.0 Å². The quantitative estimate of drug-likeness (QED) is 0.661. The number of aliphatic imine (C=N–C) groups is 1. The molecule has 1 saturated heterocycles. The van der Waals surface area contributed by atoms with E-state index in [1.165, 1.54) is 31.7 Å². The average molecular weight is 184 g/mol. The van der Waals surface area contributed by atoms with Crippen LogP contribution in [-0.2, 0) is 0 Å². The minimum Gasteiger partial charge on any atom is -0.315 e. The van der Waals surface area contributed by atoms with Gasteiger partial charge in [-0.15, -0.1) is 0 Å². The van der Waals surface area contributed by atoms with Crippen molar-refractivity contribution >= 4 is 18.0 Å². The molecule has 2 aliphatic rings. The molecule has 0 amide bonds. The number of rotatable bonds is 1. The first-order chi connectivity index (χ1) is 5.97. The van der Waals surface area contributed by atoms with Crippen LogP contribution in [0.2, 0.25) is 0 Å². The third-order valence-corrected chi connectivity index (χ3v) is 4.04. The highest BCUT2D eigenvalue weighted by atomic mass is 32.2. The monoisotopic (exact) mass is 184 g/mol. The van der Waals surface area contributed by atoms with Crippen molar-refractivity contribution in [1.29, 1.82) is 0 Å². The Morgan fingerprint density at radius 2 is 2.50 bits per heavy atom. The van der Waals surface area contributed by atoms with E-state index >= 15 is 0 Å². The summed E-state index contributed by atoms with van der Waals surface area (Å²) in [6, 6.07) is 0. The van der Waals surface area contributed by atoms with E-state index in [9.17, 15) is 0 Å². The summed E-state index contributed by atoms with van der Waals surface area (Å²) in [6.07, 6.45) is 4.63. The fourth-order valence-corrected chi connectivity index (χ4v) is 3.17. The van der Waals surface area contributed by atoms with Crippen LogP contribution in [-0.4, -0.2) is 36.9 Å². The van der Waals surface area contributed by atoms with Crippen LogP contribution in [0.3, 0.4) is 0 Å². The van der Waals surface area contributed by atoms with Gasteiger partial charge in [0.15, 0.2) is 0 Å². The van der Waals surface area contributed by atoms with Gasteiger partial charge in [0.1, 0.15) is 0 Å². The first-order valence-corrected chi connectivity index (χ1v) is 5.82. The highest BCUT2D eigenvalue weighted by Crippen LogP contribution is 2.26. The number of nitrogens with one attached hydrogen (secondary N) is 1. The Balaban J connectivity index is 1.85. The van der Waals surface area contributed by atoms with Gasteiger partial charge < -0.3 is 5.32 Å². The zero-order chi connectivity index (χ0) is 8.23. The molecule has 3 heteroatoms. The van der Waals surface area contributed by atoms with Crippen LogP contribution < -0.4 is 5.32 Å². The molecule has 2 rings (SSSR count). The van der Waals surface area contributed by atoms with E-state index in [1.54, 1.807) is 0 Å². The molecule has 0 aromatic heterocycles. The normalized spacial score (nSPS) is 36.7. The molecular formula is C9H16N2S. The maximum Gasteiger partial charge on any atom is 0.0424 e. The van der Waals surface area contributed by atoms with Crippen molar-refractivity contribution in [3.63, 3.8) is 0 Å². The number of thioether (sulfide) groups is 1. The van der Waals surface area contributed by atoms with E-state index in [2.05, 4.69) is 28.3 Å². The van der Waals surface area contributed by atoms with Crippen molar-refractivity contribution in [1.82, 2.24) is 5.32 Å². The lowest BCUT2D eigenvalue weighted by Gasteiger charge is -2.30. The van der Waals surface area contributed by atoms with Crippen LogP contribution in [0.5, 0.6) is 0 Å². The molecule has 2 nitrogen and oxygen atoms in total. The third kappa shape index (κ3) is 2.02. The van der Waals surface area contributed by atoms with Crippen molar-refractivity contribution in [3.8, 4) is 0 Å². The first-order valence-electron chi connectivity index (χ1n) is 4.77. The number of hydrogen-bond donors (Lipinski definition) is 1. The van der Waals surface area contributed by atoms with E-state index in [1.807, 2.05) is 0 Å². The van der Waals surface area contributed by atoms with Gasteiger partial charge in [0.05, 0.1) is 0 Å². The summed E-state index contributed by atoms with van der Waals surface area (Å²) < 4.78 is 0. The Kier molecular flexibility index (Phi) is 3.06. The molecule has 0 bridgehead atoms. The highest BCUT2D eigenvalue weighted by molar-refractivity contribution is 8.00. The topological polar surface area (TPSA) is 24.4 Å².